The SMILES string of the molecule is O=C(NC(CCc1ccccc1)C(F)F)c1c(F)cncc1Br. The molecule has 1 atom stereocenters. The van der Waals surface area contributed by atoms with Crippen molar-refractivity contribution in [1.29, 1.82) is 0 Å². The highest BCUT2D eigenvalue weighted by Crippen LogP contribution is 2.19. The fourth-order valence-electron chi connectivity index (χ4n) is 2.10. The van der Waals surface area contributed by atoms with E-state index in [1.807, 2.05) is 30.3 Å². The van der Waals surface area contributed by atoms with E-state index in [9.17, 15) is 18.0 Å². The molecule has 1 amide bonds. The molecule has 0 fully saturated rings. The number of rotatable bonds is 6. The zero-order valence-corrected chi connectivity index (χ0v) is 13.6. The number of pyridine rings is 1. The maximum Gasteiger partial charge on any atom is 0.258 e. The molecular formula is C16H14BrF3N2O. The first-order chi connectivity index (χ1) is 11.0. The standard InChI is InChI=1S/C16H14BrF3N2O/c17-11-8-21-9-12(18)14(11)16(23)22-13(15(19)20)7-6-10-4-2-1-3-5-10/h1-5,8-9,13,15H,6-7H2,(H,22,23). The zero-order valence-electron chi connectivity index (χ0n) is 12.0. The summed E-state index contributed by atoms with van der Waals surface area (Å²) in [7, 11) is 0. The van der Waals surface area contributed by atoms with Gasteiger partial charge in [0.25, 0.3) is 12.3 Å². The van der Waals surface area contributed by atoms with E-state index >= 15 is 0 Å². The average molecular weight is 387 g/mol. The number of carbonyl (C=O) groups is 1. The highest BCUT2D eigenvalue weighted by Gasteiger charge is 2.25. The van der Waals surface area contributed by atoms with Gasteiger partial charge in [0.05, 0.1) is 22.3 Å². The lowest BCUT2D eigenvalue weighted by Crippen LogP contribution is -2.40. The number of hydrogen-bond donors (Lipinski definition) is 1. The summed E-state index contributed by atoms with van der Waals surface area (Å²) in [5.74, 6) is -1.76. The van der Waals surface area contributed by atoms with Gasteiger partial charge in [-0.3, -0.25) is 9.78 Å². The summed E-state index contributed by atoms with van der Waals surface area (Å²) < 4.78 is 40.1. The van der Waals surface area contributed by atoms with E-state index < -0.39 is 24.2 Å². The van der Waals surface area contributed by atoms with Gasteiger partial charge in [-0.1, -0.05) is 30.3 Å². The number of amides is 1. The van der Waals surface area contributed by atoms with Crippen LogP contribution < -0.4 is 5.32 Å². The molecule has 1 N–H and O–H groups in total. The van der Waals surface area contributed by atoms with E-state index in [2.05, 4.69) is 26.2 Å². The normalized spacial score (nSPS) is 12.2. The third kappa shape index (κ3) is 4.79. The quantitative estimate of drug-likeness (QED) is 0.815. The molecule has 23 heavy (non-hydrogen) atoms. The molecule has 0 radical (unpaired) electrons. The lowest BCUT2D eigenvalue weighted by molar-refractivity contribution is 0.0723. The first-order valence-corrected chi connectivity index (χ1v) is 7.70. The number of nitrogens with zero attached hydrogens (tertiary/aromatic N) is 1. The summed E-state index contributed by atoms with van der Waals surface area (Å²) >= 11 is 3.00. The van der Waals surface area contributed by atoms with Crippen molar-refractivity contribution in [3.05, 3.63) is 64.1 Å². The molecule has 0 saturated carbocycles. The Hall–Kier alpha value is -1.89. The molecular weight excluding hydrogens is 373 g/mol. The van der Waals surface area contributed by atoms with Gasteiger partial charge in [-0.2, -0.15) is 0 Å². The lowest BCUT2D eigenvalue weighted by Gasteiger charge is -2.18. The number of carbonyl (C=O) groups excluding carboxylic acids is 1. The van der Waals surface area contributed by atoms with Gasteiger partial charge in [0.1, 0.15) is 0 Å². The number of halogens is 4. The molecule has 2 rings (SSSR count). The molecule has 0 aliphatic carbocycles. The summed E-state index contributed by atoms with van der Waals surface area (Å²) in [5, 5.41) is 2.20. The van der Waals surface area contributed by atoms with Crippen molar-refractivity contribution in [1.82, 2.24) is 10.3 Å². The molecule has 1 aromatic heterocycles. The minimum absolute atomic E-state index is 0.0533. The second-order valence-electron chi connectivity index (χ2n) is 4.92. The molecule has 0 aliphatic rings. The lowest BCUT2D eigenvalue weighted by atomic mass is 10.1. The average Bonchev–Trinajstić information content (AvgIpc) is 2.52. The Morgan fingerprint density at radius 2 is 1.91 bits per heavy atom. The predicted molar refractivity (Wildman–Crippen MR) is 83.9 cm³/mol. The Morgan fingerprint density at radius 3 is 2.52 bits per heavy atom. The van der Waals surface area contributed by atoms with E-state index in [0.717, 1.165) is 11.8 Å². The first-order valence-electron chi connectivity index (χ1n) is 6.91. The number of benzene rings is 1. The van der Waals surface area contributed by atoms with Crippen LogP contribution in [0.15, 0.2) is 47.2 Å². The van der Waals surface area contributed by atoms with Gasteiger partial charge in [0.15, 0.2) is 5.82 Å². The second-order valence-corrected chi connectivity index (χ2v) is 5.77. The van der Waals surface area contributed by atoms with Crippen LogP contribution in [0.3, 0.4) is 0 Å². The molecule has 1 unspecified atom stereocenters. The van der Waals surface area contributed by atoms with Crippen LogP contribution in [0.2, 0.25) is 0 Å². The Balaban J connectivity index is 2.06. The molecule has 0 spiro atoms. The topological polar surface area (TPSA) is 42.0 Å². The van der Waals surface area contributed by atoms with E-state index in [1.165, 1.54) is 6.20 Å². The second kappa shape index (κ2) is 8.10. The molecule has 0 saturated heterocycles. The van der Waals surface area contributed by atoms with Crippen molar-refractivity contribution in [2.45, 2.75) is 25.3 Å². The van der Waals surface area contributed by atoms with Crippen molar-refractivity contribution in [2.24, 2.45) is 0 Å². The Kier molecular flexibility index (Phi) is 6.15. The minimum atomic E-state index is -2.74. The molecule has 7 heteroatoms. The maximum absolute atomic E-state index is 13.7. The van der Waals surface area contributed by atoms with Crippen LogP contribution in [0.1, 0.15) is 22.3 Å². The van der Waals surface area contributed by atoms with Gasteiger partial charge in [0, 0.05) is 6.20 Å². The highest BCUT2D eigenvalue weighted by atomic mass is 79.9. The van der Waals surface area contributed by atoms with Crippen LogP contribution in [0, 0.1) is 5.82 Å². The van der Waals surface area contributed by atoms with Crippen LogP contribution in [-0.2, 0) is 6.42 Å². The van der Waals surface area contributed by atoms with Crippen molar-refractivity contribution >= 4 is 21.8 Å². The van der Waals surface area contributed by atoms with E-state index in [0.29, 0.717) is 6.42 Å². The smallest absolute Gasteiger partial charge is 0.258 e. The molecule has 122 valence electrons. The largest absolute Gasteiger partial charge is 0.343 e. The number of aromatic nitrogens is 1. The summed E-state index contributed by atoms with van der Waals surface area (Å²) in [6, 6.07) is 7.75. The van der Waals surface area contributed by atoms with Crippen LogP contribution in [0.5, 0.6) is 0 Å². The Labute approximate surface area is 140 Å². The molecule has 1 heterocycles. The van der Waals surface area contributed by atoms with Crippen molar-refractivity contribution in [3.8, 4) is 0 Å². The summed E-state index contributed by atoms with van der Waals surface area (Å²) in [6.45, 7) is 0. The number of aryl methyl sites for hydroxylation is 1. The van der Waals surface area contributed by atoms with Gasteiger partial charge < -0.3 is 5.32 Å². The third-order valence-electron chi connectivity index (χ3n) is 3.29. The van der Waals surface area contributed by atoms with Gasteiger partial charge in [-0.05, 0) is 34.3 Å². The highest BCUT2D eigenvalue weighted by molar-refractivity contribution is 9.10. The summed E-state index contributed by atoms with van der Waals surface area (Å²) in [5.41, 5.74) is 0.564. The molecule has 2 aromatic rings. The monoisotopic (exact) mass is 386 g/mol. The molecule has 3 nitrogen and oxygen atoms in total. The maximum atomic E-state index is 13.7. The van der Waals surface area contributed by atoms with Crippen molar-refractivity contribution in [3.63, 3.8) is 0 Å². The Morgan fingerprint density at radius 1 is 1.22 bits per heavy atom. The number of alkyl halides is 2. The Bertz CT molecular complexity index is 647. The molecule has 1 aromatic carbocycles. The molecule has 0 bridgehead atoms. The van der Waals surface area contributed by atoms with Crippen LogP contribution in [0.25, 0.3) is 0 Å². The van der Waals surface area contributed by atoms with E-state index in [-0.39, 0.29) is 16.5 Å². The van der Waals surface area contributed by atoms with Gasteiger partial charge in [-0.25, -0.2) is 13.2 Å². The number of nitrogens with one attached hydrogen (secondary N) is 1. The summed E-state index contributed by atoms with van der Waals surface area (Å²) in [4.78, 5) is 15.6. The van der Waals surface area contributed by atoms with Crippen molar-refractivity contribution in [2.75, 3.05) is 0 Å². The van der Waals surface area contributed by atoms with E-state index in [1.54, 1.807) is 0 Å². The number of hydrogen-bond acceptors (Lipinski definition) is 2. The van der Waals surface area contributed by atoms with E-state index in [4.69, 9.17) is 0 Å². The van der Waals surface area contributed by atoms with Gasteiger partial charge in [-0.15, -0.1) is 0 Å². The van der Waals surface area contributed by atoms with Crippen LogP contribution in [0.4, 0.5) is 13.2 Å². The predicted octanol–water partition coefficient (Wildman–Crippen LogP) is 3.98. The summed E-state index contributed by atoms with van der Waals surface area (Å²) in [6.07, 6.45) is -0.208. The minimum Gasteiger partial charge on any atom is -0.343 e. The molecule has 0 aliphatic heterocycles. The van der Waals surface area contributed by atoms with Crippen molar-refractivity contribution < 1.29 is 18.0 Å². The first kappa shape index (κ1) is 17.5. The van der Waals surface area contributed by atoms with Gasteiger partial charge >= 0.3 is 0 Å². The third-order valence-corrected chi connectivity index (χ3v) is 3.89. The van der Waals surface area contributed by atoms with Gasteiger partial charge in [0.2, 0.25) is 0 Å². The fourth-order valence-corrected chi connectivity index (χ4v) is 2.58. The fraction of sp³-hybridized carbons (Fsp3) is 0.250. The van der Waals surface area contributed by atoms with Crippen LogP contribution >= 0.6 is 15.9 Å². The van der Waals surface area contributed by atoms with Crippen LogP contribution in [-0.4, -0.2) is 23.4 Å². The zero-order chi connectivity index (χ0) is 16.8.